The molecule has 0 aliphatic rings. The maximum Gasteiger partial charge on any atom is 0.0550 e. The first-order valence-electron chi connectivity index (χ1n) is 5.79. The lowest BCUT2D eigenvalue weighted by atomic mass is 10.1. The smallest absolute Gasteiger partial charge is 0.0550 e. The lowest BCUT2D eigenvalue weighted by molar-refractivity contribution is 0.922. The van der Waals surface area contributed by atoms with Gasteiger partial charge in [0, 0.05) is 0 Å². The fraction of sp³-hybridized carbons (Fsp3) is 0.200. The molecule has 0 unspecified atom stereocenters. The van der Waals surface area contributed by atoms with Crippen LogP contribution < -0.4 is 11.5 Å². The monoisotopic (exact) mass is 227 g/mol. The first-order valence-corrected chi connectivity index (χ1v) is 5.79. The molecule has 2 nitrogen and oxygen atoms in total. The second kappa shape index (κ2) is 7.34. The Morgan fingerprint density at radius 1 is 1.00 bits per heavy atom. The lowest BCUT2D eigenvalue weighted by Gasteiger charge is -2.02. The van der Waals surface area contributed by atoms with Gasteiger partial charge in [0.15, 0.2) is 0 Å². The first-order chi connectivity index (χ1) is 8.24. The van der Waals surface area contributed by atoms with Gasteiger partial charge in [-0.2, -0.15) is 0 Å². The summed E-state index contributed by atoms with van der Waals surface area (Å²) in [6.07, 6.45) is 2.22. The summed E-state index contributed by atoms with van der Waals surface area (Å²) in [5.41, 5.74) is 13.8. The molecule has 0 atom stereocenters. The predicted molar refractivity (Wildman–Crippen MR) is 74.5 cm³/mol. The highest BCUT2D eigenvalue weighted by atomic mass is 14.7. The van der Waals surface area contributed by atoms with Crippen molar-refractivity contribution in [3.05, 3.63) is 60.2 Å². The molecule has 0 aromatic heterocycles. The van der Waals surface area contributed by atoms with Gasteiger partial charge in [-0.3, -0.25) is 0 Å². The molecule has 17 heavy (non-hydrogen) atoms. The number of nitrogen functional groups attached to an aromatic ring is 2. The van der Waals surface area contributed by atoms with Crippen LogP contribution in [0.25, 0.3) is 0 Å². The molecule has 0 saturated heterocycles. The van der Waals surface area contributed by atoms with Crippen LogP contribution in [-0.2, 0) is 6.42 Å². The number of hydrogen-bond donors (Lipinski definition) is 2. The van der Waals surface area contributed by atoms with Gasteiger partial charge in [-0.25, -0.2) is 0 Å². The summed E-state index contributed by atoms with van der Waals surface area (Å²) in [5.74, 6) is 0. The van der Waals surface area contributed by atoms with E-state index in [1.165, 1.54) is 5.56 Å². The Morgan fingerprint density at radius 3 is 2.12 bits per heavy atom. The Kier molecular flexibility index (Phi) is 5.66. The molecule has 0 spiro atoms. The minimum absolute atomic E-state index is 0.671. The van der Waals surface area contributed by atoms with Crippen molar-refractivity contribution in [2.24, 2.45) is 0 Å². The summed E-state index contributed by atoms with van der Waals surface area (Å²) in [6, 6.07) is 18.3. The Hall–Kier alpha value is -1.96. The molecule has 2 rings (SSSR count). The van der Waals surface area contributed by atoms with Crippen molar-refractivity contribution >= 4 is 11.4 Å². The lowest BCUT2D eigenvalue weighted by Crippen LogP contribution is -1.95. The number of rotatable bonds is 2. The van der Waals surface area contributed by atoms with Gasteiger partial charge in [0.2, 0.25) is 0 Å². The third kappa shape index (κ3) is 5.07. The van der Waals surface area contributed by atoms with E-state index in [2.05, 4.69) is 13.0 Å². The van der Waals surface area contributed by atoms with E-state index < -0.39 is 0 Å². The topological polar surface area (TPSA) is 52.0 Å². The largest absolute Gasteiger partial charge is 0.397 e. The number of hydrogen-bond acceptors (Lipinski definition) is 2. The number of aryl methyl sites for hydroxylation is 1. The van der Waals surface area contributed by atoms with E-state index >= 15 is 0 Å². The molecular weight excluding hydrogens is 208 g/mol. The van der Waals surface area contributed by atoms with E-state index in [-0.39, 0.29) is 0 Å². The summed E-state index contributed by atoms with van der Waals surface area (Å²) in [6.45, 7) is 2.15. The molecule has 0 aliphatic carbocycles. The third-order valence-electron chi connectivity index (χ3n) is 2.30. The summed E-state index contributed by atoms with van der Waals surface area (Å²) in [5, 5.41) is 0. The van der Waals surface area contributed by atoms with Crippen LogP contribution in [0.15, 0.2) is 48.5 Å². The quantitative estimate of drug-likeness (QED) is 0.773. The number of nitrogens with two attached hydrogens (primary N) is 2. The van der Waals surface area contributed by atoms with Crippen LogP contribution in [0.2, 0.25) is 0 Å². The summed E-state index contributed by atoms with van der Waals surface area (Å²) in [7, 11) is 0. The van der Waals surface area contributed by atoms with Crippen LogP contribution in [0.1, 0.15) is 18.9 Å². The minimum Gasteiger partial charge on any atom is -0.397 e. The van der Waals surface area contributed by atoms with Gasteiger partial charge in [-0.1, -0.05) is 49.7 Å². The van der Waals surface area contributed by atoms with Crippen LogP contribution in [0.4, 0.5) is 11.4 Å². The molecule has 1 radical (unpaired) electrons. The molecule has 0 fully saturated rings. The highest BCUT2D eigenvalue weighted by molar-refractivity contribution is 5.63. The zero-order valence-corrected chi connectivity index (χ0v) is 10.2. The van der Waals surface area contributed by atoms with Crippen molar-refractivity contribution in [3.8, 4) is 0 Å². The summed E-state index contributed by atoms with van der Waals surface area (Å²) in [4.78, 5) is 0. The van der Waals surface area contributed by atoms with Crippen LogP contribution in [0.3, 0.4) is 0 Å². The van der Waals surface area contributed by atoms with Gasteiger partial charge in [0.1, 0.15) is 0 Å². The Bertz CT molecular complexity index is 397. The fourth-order valence-electron chi connectivity index (χ4n) is 1.41. The molecule has 2 aromatic carbocycles. The SMILES string of the molecule is CCCc1ccc(N)c(N)c1.[c]1ccccc1. The Balaban J connectivity index is 0.000000202. The van der Waals surface area contributed by atoms with Crippen molar-refractivity contribution in [2.75, 3.05) is 11.5 Å². The molecule has 2 aromatic rings. The van der Waals surface area contributed by atoms with Gasteiger partial charge in [-0.05, 0) is 30.2 Å². The molecule has 0 bridgehead atoms. The maximum absolute atomic E-state index is 5.63. The molecule has 89 valence electrons. The zero-order chi connectivity index (χ0) is 12.5. The number of anilines is 2. The Morgan fingerprint density at radius 2 is 1.71 bits per heavy atom. The van der Waals surface area contributed by atoms with Gasteiger partial charge >= 0.3 is 0 Å². The molecule has 0 aliphatic heterocycles. The molecule has 0 saturated carbocycles. The van der Waals surface area contributed by atoms with Gasteiger partial charge in [0.05, 0.1) is 11.4 Å². The normalized spacial score (nSPS) is 9.24. The van der Waals surface area contributed by atoms with Crippen LogP contribution in [0, 0.1) is 6.07 Å². The maximum atomic E-state index is 5.63. The van der Waals surface area contributed by atoms with E-state index in [9.17, 15) is 0 Å². The van der Waals surface area contributed by atoms with Crippen molar-refractivity contribution in [1.29, 1.82) is 0 Å². The van der Waals surface area contributed by atoms with Crippen LogP contribution >= 0.6 is 0 Å². The summed E-state index contributed by atoms with van der Waals surface area (Å²) < 4.78 is 0. The van der Waals surface area contributed by atoms with Crippen molar-refractivity contribution in [1.82, 2.24) is 0 Å². The highest BCUT2D eigenvalue weighted by Gasteiger charge is 1.95. The van der Waals surface area contributed by atoms with Crippen molar-refractivity contribution in [2.45, 2.75) is 19.8 Å². The second-order valence-corrected chi connectivity index (χ2v) is 3.79. The van der Waals surface area contributed by atoms with Gasteiger partial charge < -0.3 is 11.5 Å². The molecular formula is C15H19N2. The fourth-order valence-corrected chi connectivity index (χ4v) is 1.41. The van der Waals surface area contributed by atoms with E-state index in [0.29, 0.717) is 11.4 Å². The van der Waals surface area contributed by atoms with E-state index in [1.807, 2.05) is 48.5 Å². The zero-order valence-electron chi connectivity index (χ0n) is 10.2. The summed E-state index contributed by atoms with van der Waals surface area (Å²) >= 11 is 0. The molecule has 2 heteroatoms. The Labute approximate surface area is 103 Å². The van der Waals surface area contributed by atoms with Crippen LogP contribution in [-0.4, -0.2) is 0 Å². The van der Waals surface area contributed by atoms with Crippen molar-refractivity contribution < 1.29 is 0 Å². The number of benzene rings is 2. The van der Waals surface area contributed by atoms with Crippen LogP contribution in [0.5, 0.6) is 0 Å². The second-order valence-electron chi connectivity index (χ2n) is 3.79. The van der Waals surface area contributed by atoms with E-state index in [4.69, 9.17) is 11.5 Å². The first kappa shape index (κ1) is 13.1. The third-order valence-corrected chi connectivity index (χ3v) is 2.30. The highest BCUT2D eigenvalue weighted by Crippen LogP contribution is 2.16. The van der Waals surface area contributed by atoms with E-state index in [1.54, 1.807) is 0 Å². The average Bonchev–Trinajstić information content (AvgIpc) is 2.37. The van der Waals surface area contributed by atoms with E-state index in [0.717, 1.165) is 12.8 Å². The minimum atomic E-state index is 0.671. The molecule has 0 amide bonds. The van der Waals surface area contributed by atoms with Gasteiger partial charge in [0.25, 0.3) is 0 Å². The molecule has 0 heterocycles. The standard InChI is InChI=1S/C9H14N2.C6H5/c1-2-3-7-4-5-8(10)9(11)6-7;1-2-4-6-5-3-1/h4-6H,2-3,10-11H2,1H3;1-5H. The average molecular weight is 227 g/mol. The van der Waals surface area contributed by atoms with Gasteiger partial charge in [-0.15, -0.1) is 0 Å². The predicted octanol–water partition coefficient (Wildman–Crippen LogP) is 3.29. The van der Waals surface area contributed by atoms with Crippen molar-refractivity contribution in [3.63, 3.8) is 0 Å². The molecule has 4 N–H and O–H groups in total.